The zero-order chi connectivity index (χ0) is 22.9. The molecule has 0 amide bonds. The van der Waals surface area contributed by atoms with Crippen LogP contribution in [0.5, 0.6) is 0 Å². The molecule has 0 aliphatic carbocycles. The Morgan fingerprint density at radius 1 is 0.781 bits per heavy atom. The van der Waals surface area contributed by atoms with Crippen molar-refractivity contribution in [3.63, 3.8) is 0 Å². The molecule has 168 valence electrons. The minimum atomic E-state index is -3.57. The minimum absolute atomic E-state index is 0.202. The Hall–Kier alpha value is -2.97. The molecule has 1 saturated heterocycles. The van der Waals surface area contributed by atoms with Crippen molar-refractivity contribution in [2.75, 3.05) is 31.1 Å². The Balaban J connectivity index is 1.56. The van der Waals surface area contributed by atoms with Crippen LogP contribution in [0.2, 0.25) is 0 Å². The molecule has 1 aliphatic rings. The van der Waals surface area contributed by atoms with Crippen molar-refractivity contribution >= 4 is 15.8 Å². The topological polar surface area (TPSA) is 75.5 Å². The SMILES string of the molecule is Cc1ccc(-n2nc(N3CCCN(S(=O)(=O)c4cc(C)cc(C)c4)CC3)ccc2=O)cc1. The second-order valence-corrected chi connectivity index (χ2v) is 10.3. The van der Waals surface area contributed by atoms with E-state index in [-0.39, 0.29) is 5.56 Å². The highest BCUT2D eigenvalue weighted by Gasteiger charge is 2.27. The Bertz CT molecular complexity index is 1260. The lowest BCUT2D eigenvalue weighted by Crippen LogP contribution is -2.36. The molecule has 3 aromatic rings. The van der Waals surface area contributed by atoms with E-state index in [9.17, 15) is 13.2 Å². The van der Waals surface area contributed by atoms with Crippen LogP contribution >= 0.6 is 0 Å². The van der Waals surface area contributed by atoms with Gasteiger partial charge in [-0.25, -0.2) is 8.42 Å². The van der Waals surface area contributed by atoms with Crippen LogP contribution in [0, 0.1) is 20.8 Å². The monoisotopic (exact) mass is 452 g/mol. The number of rotatable bonds is 4. The van der Waals surface area contributed by atoms with E-state index in [2.05, 4.69) is 5.10 Å². The summed E-state index contributed by atoms with van der Waals surface area (Å²) < 4.78 is 29.4. The van der Waals surface area contributed by atoms with Gasteiger partial charge in [-0.2, -0.15) is 8.99 Å². The number of hydrogen-bond acceptors (Lipinski definition) is 5. The number of aryl methyl sites for hydroxylation is 3. The molecule has 0 spiro atoms. The van der Waals surface area contributed by atoms with E-state index >= 15 is 0 Å². The summed E-state index contributed by atoms with van der Waals surface area (Å²) in [6, 6.07) is 16.3. The van der Waals surface area contributed by atoms with Crippen LogP contribution in [0.25, 0.3) is 5.69 Å². The number of sulfonamides is 1. The van der Waals surface area contributed by atoms with Crippen molar-refractivity contribution in [2.45, 2.75) is 32.1 Å². The first-order valence-electron chi connectivity index (χ1n) is 10.7. The minimum Gasteiger partial charge on any atom is -0.354 e. The Labute approximate surface area is 189 Å². The molecule has 0 atom stereocenters. The van der Waals surface area contributed by atoms with Crippen LogP contribution in [0.1, 0.15) is 23.1 Å². The Kier molecular flexibility index (Phi) is 6.17. The summed E-state index contributed by atoms with van der Waals surface area (Å²) in [4.78, 5) is 14.8. The van der Waals surface area contributed by atoms with E-state index in [0.29, 0.717) is 49.0 Å². The van der Waals surface area contributed by atoms with E-state index in [0.717, 1.165) is 16.7 Å². The van der Waals surface area contributed by atoms with Crippen LogP contribution in [0.15, 0.2) is 64.3 Å². The predicted molar refractivity (Wildman–Crippen MR) is 126 cm³/mol. The lowest BCUT2D eigenvalue weighted by atomic mass is 10.2. The quantitative estimate of drug-likeness (QED) is 0.608. The average Bonchev–Trinajstić information content (AvgIpc) is 3.01. The van der Waals surface area contributed by atoms with Gasteiger partial charge in [0.25, 0.3) is 5.56 Å². The summed E-state index contributed by atoms with van der Waals surface area (Å²) in [6.45, 7) is 7.78. The second-order valence-electron chi connectivity index (χ2n) is 8.35. The van der Waals surface area contributed by atoms with Gasteiger partial charge in [-0.05, 0) is 68.7 Å². The van der Waals surface area contributed by atoms with Crippen LogP contribution < -0.4 is 10.5 Å². The molecule has 1 aliphatic heterocycles. The Morgan fingerprint density at radius 3 is 2.16 bits per heavy atom. The number of hydrogen-bond donors (Lipinski definition) is 0. The van der Waals surface area contributed by atoms with Crippen molar-refractivity contribution in [1.29, 1.82) is 0 Å². The first kappa shape index (κ1) is 22.2. The van der Waals surface area contributed by atoms with Crippen molar-refractivity contribution in [3.05, 3.63) is 81.6 Å². The predicted octanol–water partition coefficient (Wildman–Crippen LogP) is 3.06. The third kappa shape index (κ3) is 4.61. The highest BCUT2D eigenvalue weighted by molar-refractivity contribution is 7.89. The molecular formula is C24H28N4O3S. The maximum atomic E-state index is 13.2. The molecule has 1 aromatic heterocycles. The third-order valence-corrected chi connectivity index (χ3v) is 7.55. The number of anilines is 1. The molecule has 7 nitrogen and oxygen atoms in total. The van der Waals surface area contributed by atoms with Gasteiger partial charge >= 0.3 is 0 Å². The van der Waals surface area contributed by atoms with Gasteiger partial charge in [-0.1, -0.05) is 23.8 Å². The fraction of sp³-hybridized carbons (Fsp3) is 0.333. The zero-order valence-corrected chi connectivity index (χ0v) is 19.5. The van der Waals surface area contributed by atoms with Crippen LogP contribution in [0.3, 0.4) is 0 Å². The molecule has 0 radical (unpaired) electrons. The normalized spacial score (nSPS) is 15.5. The molecule has 0 bridgehead atoms. The highest BCUT2D eigenvalue weighted by Crippen LogP contribution is 2.22. The van der Waals surface area contributed by atoms with Gasteiger partial charge in [-0.15, -0.1) is 5.10 Å². The fourth-order valence-corrected chi connectivity index (χ4v) is 5.69. The maximum Gasteiger partial charge on any atom is 0.271 e. The number of benzene rings is 2. The summed E-state index contributed by atoms with van der Waals surface area (Å²) in [5, 5.41) is 4.57. The van der Waals surface area contributed by atoms with E-state index in [1.165, 1.54) is 10.7 Å². The maximum absolute atomic E-state index is 13.2. The van der Waals surface area contributed by atoms with Gasteiger partial charge in [0.2, 0.25) is 10.0 Å². The van der Waals surface area contributed by atoms with Gasteiger partial charge in [0, 0.05) is 32.2 Å². The first-order valence-corrected chi connectivity index (χ1v) is 12.2. The molecule has 2 heterocycles. The zero-order valence-electron chi connectivity index (χ0n) is 18.7. The van der Waals surface area contributed by atoms with Gasteiger partial charge < -0.3 is 4.90 Å². The summed E-state index contributed by atoms with van der Waals surface area (Å²) in [6.07, 6.45) is 0.676. The van der Waals surface area contributed by atoms with Crippen molar-refractivity contribution in [1.82, 2.24) is 14.1 Å². The second kappa shape index (κ2) is 8.88. The van der Waals surface area contributed by atoms with Crippen LogP contribution in [0.4, 0.5) is 5.82 Å². The summed E-state index contributed by atoms with van der Waals surface area (Å²) in [5.74, 6) is 0.663. The van der Waals surface area contributed by atoms with Gasteiger partial charge in [0.1, 0.15) is 5.82 Å². The molecular weight excluding hydrogens is 424 g/mol. The average molecular weight is 453 g/mol. The van der Waals surface area contributed by atoms with Crippen molar-refractivity contribution in [2.24, 2.45) is 0 Å². The summed E-state index contributed by atoms with van der Waals surface area (Å²) in [5.41, 5.74) is 3.48. The largest absolute Gasteiger partial charge is 0.354 e. The van der Waals surface area contributed by atoms with E-state index in [1.54, 1.807) is 22.5 Å². The molecule has 0 unspecified atom stereocenters. The van der Waals surface area contributed by atoms with Crippen molar-refractivity contribution < 1.29 is 8.42 Å². The molecule has 4 rings (SSSR count). The first-order chi connectivity index (χ1) is 15.2. The van der Waals surface area contributed by atoms with Crippen LogP contribution in [-0.2, 0) is 10.0 Å². The van der Waals surface area contributed by atoms with Gasteiger partial charge in [0.15, 0.2) is 0 Å². The summed E-state index contributed by atoms with van der Waals surface area (Å²) >= 11 is 0. The molecule has 32 heavy (non-hydrogen) atoms. The Morgan fingerprint density at radius 2 is 1.47 bits per heavy atom. The van der Waals surface area contributed by atoms with E-state index in [1.807, 2.05) is 56.0 Å². The number of nitrogens with zero attached hydrogens (tertiary/aromatic N) is 4. The standard InChI is InChI=1S/C24H28N4O3S/c1-18-5-7-21(8-6-18)28-24(29)10-9-23(25-28)26-11-4-12-27(14-13-26)32(30,31)22-16-19(2)15-20(3)17-22/h5-10,15-17H,4,11-14H2,1-3H3. The van der Waals surface area contributed by atoms with Crippen molar-refractivity contribution in [3.8, 4) is 5.69 Å². The van der Waals surface area contributed by atoms with E-state index in [4.69, 9.17) is 0 Å². The summed E-state index contributed by atoms with van der Waals surface area (Å²) in [7, 11) is -3.57. The highest BCUT2D eigenvalue weighted by atomic mass is 32.2. The van der Waals surface area contributed by atoms with Gasteiger partial charge in [0.05, 0.1) is 10.6 Å². The molecule has 1 fully saturated rings. The molecule has 0 N–H and O–H groups in total. The smallest absolute Gasteiger partial charge is 0.271 e. The number of aromatic nitrogens is 2. The fourth-order valence-electron chi connectivity index (χ4n) is 4.04. The lowest BCUT2D eigenvalue weighted by Gasteiger charge is -2.23. The third-order valence-electron chi connectivity index (χ3n) is 5.68. The van der Waals surface area contributed by atoms with Gasteiger partial charge in [-0.3, -0.25) is 4.79 Å². The molecule has 8 heteroatoms. The molecule has 2 aromatic carbocycles. The van der Waals surface area contributed by atoms with E-state index < -0.39 is 10.0 Å². The lowest BCUT2D eigenvalue weighted by molar-refractivity contribution is 0.433. The van der Waals surface area contributed by atoms with Crippen LogP contribution in [-0.4, -0.2) is 48.7 Å². The molecule has 0 saturated carbocycles.